The second-order valence-electron chi connectivity index (χ2n) is 3.70. The number of carbonyl (C=O) groups excluding carboxylic acids is 2. The van der Waals surface area contributed by atoms with Crippen molar-refractivity contribution in [3.05, 3.63) is 0 Å². The smallest absolute Gasteiger partial charge is 0.268 e. The molecule has 14 heavy (non-hydrogen) atoms. The summed E-state index contributed by atoms with van der Waals surface area (Å²) in [5, 5.41) is 2.55. The second-order valence-corrected chi connectivity index (χ2v) is 3.70. The van der Waals surface area contributed by atoms with Gasteiger partial charge in [0.1, 0.15) is 12.6 Å². The molecule has 2 amide bonds. The zero-order valence-electron chi connectivity index (χ0n) is 7.66. The van der Waals surface area contributed by atoms with Gasteiger partial charge in [-0.05, 0) is 18.8 Å². The molecule has 1 saturated heterocycles. The minimum Gasteiger partial charge on any atom is -0.341 e. The maximum Gasteiger partial charge on any atom is 0.268 e. The standard InChI is InChI=1S/C8H13N3O3/c9-6(4-1-2-4)8(13)10-5-3-14-11-7(5)12/h4-6H,1-3,9H2,(H,10,13)(H,11,12)/t5-,6?/m1/s1. The number of rotatable bonds is 3. The van der Waals surface area contributed by atoms with Crippen LogP contribution in [0, 0.1) is 5.92 Å². The van der Waals surface area contributed by atoms with Gasteiger partial charge in [-0.15, -0.1) is 0 Å². The predicted molar refractivity (Wildman–Crippen MR) is 46.7 cm³/mol. The van der Waals surface area contributed by atoms with Crippen LogP contribution in [-0.2, 0) is 14.4 Å². The van der Waals surface area contributed by atoms with Gasteiger partial charge >= 0.3 is 0 Å². The predicted octanol–water partition coefficient (Wildman–Crippen LogP) is -1.73. The van der Waals surface area contributed by atoms with E-state index in [1.54, 1.807) is 0 Å². The van der Waals surface area contributed by atoms with Crippen molar-refractivity contribution in [3.63, 3.8) is 0 Å². The Morgan fingerprint density at radius 3 is 2.86 bits per heavy atom. The maximum absolute atomic E-state index is 11.5. The molecule has 1 aliphatic heterocycles. The number of nitrogens with two attached hydrogens (primary N) is 1. The average molecular weight is 199 g/mol. The first-order valence-corrected chi connectivity index (χ1v) is 4.66. The van der Waals surface area contributed by atoms with Gasteiger partial charge in [-0.3, -0.25) is 14.4 Å². The van der Waals surface area contributed by atoms with Crippen LogP contribution in [0.3, 0.4) is 0 Å². The number of hydrogen-bond acceptors (Lipinski definition) is 4. The first-order chi connectivity index (χ1) is 6.68. The Morgan fingerprint density at radius 2 is 2.36 bits per heavy atom. The molecular weight excluding hydrogens is 186 g/mol. The van der Waals surface area contributed by atoms with Crippen molar-refractivity contribution in [2.24, 2.45) is 11.7 Å². The summed E-state index contributed by atoms with van der Waals surface area (Å²) < 4.78 is 0. The van der Waals surface area contributed by atoms with Crippen molar-refractivity contribution in [2.45, 2.75) is 24.9 Å². The van der Waals surface area contributed by atoms with Gasteiger partial charge in [0.15, 0.2) is 0 Å². The summed E-state index contributed by atoms with van der Waals surface area (Å²) in [5.41, 5.74) is 7.83. The quantitative estimate of drug-likeness (QED) is 0.503. The highest BCUT2D eigenvalue weighted by molar-refractivity contribution is 5.90. The molecule has 2 fully saturated rings. The molecule has 6 nitrogen and oxygen atoms in total. The monoisotopic (exact) mass is 199 g/mol. The zero-order chi connectivity index (χ0) is 10.1. The van der Waals surface area contributed by atoms with E-state index in [9.17, 15) is 9.59 Å². The molecule has 1 aliphatic carbocycles. The van der Waals surface area contributed by atoms with E-state index in [0.717, 1.165) is 12.8 Å². The minimum absolute atomic E-state index is 0.169. The Kier molecular flexibility index (Phi) is 2.39. The highest BCUT2D eigenvalue weighted by atomic mass is 16.7. The molecule has 4 N–H and O–H groups in total. The van der Waals surface area contributed by atoms with Gasteiger partial charge in [0.2, 0.25) is 5.91 Å². The normalized spacial score (nSPS) is 28.4. The summed E-state index contributed by atoms with van der Waals surface area (Å²) in [7, 11) is 0. The SMILES string of the molecule is NC(C(=O)N[C@@H]1CONC1=O)C1CC1. The van der Waals surface area contributed by atoms with Crippen LogP contribution in [0.25, 0.3) is 0 Å². The molecule has 6 heteroatoms. The van der Waals surface area contributed by atoms with E-state index in [0.29, 0.717) is 5.92 Å². The number of nitrogens with one attached hydrogen (secondary N) is 2. The second kappa shape index (κ2) is 3.55. The average Bonchev–Trinajstić information content (AvgIpc) is 2.92. The molecule has 0 aromatic rings. The lowest BCUT2D eigenvalue weighted by molar-refractivity contribution is -0.129. The lowest BCUT2D eigenvalue weighted by Gasteiger charge is -2.13. The van der Waals surface area contributed by atoms with Crippen LogP contribution >= 0.6 is 0 Å². The van der Waals surface area contributed by atoms with Crippen molar-refractivity contribution >= 4 is 11.8 Å². The summed E-state index contributed by atoms with van der Waals surface area (Å²) in [5.74, 6) is -0.292. The highest BCUT2D eigenvalue weighted by Gasteiger charge is 2.36. The van der Waals surface area contributed by atoms with E-state index in [4.69, 9.17) is 5.73 Å². The van der Waals surface area contributed by atoms with Crippen LogP contribution in [0.1, 0.15) is 12.8 Å². The number of hydroxylamine groups is 1. The lowest BCUT2D eigenvalue weighted by Crippen LogP contribution is -2.49. The fourth-order valence-electron chi connectivity index (χ4n) is 1.39. The fraction of sp³-hybridized carbons (Fsp3) is 0.750. The Bertz CT molecular complexity index is 265. The summed E-state index contributed by atoms with van der Waals surface area (Å²) in [6, 6.07) is -1.07. The Labute approximate surface area is 81.1 Å². The fourth-order valence-corrected chi connectivity index (χ4v) is 1.39. The first-order valence-electron chi connectivity index (χ1n) is 4.66. The molecule has 0 radical (unpaired) electrons. The molecule has 2 aliphatic rings. The summed E-state index contributed by atoms with van der Waals surface area (Å²) in [6.45, 7) is 0.169. The third-order valence-electron chi connectivity index (χ3n) is 2.49. The first kappa shape index (κ1) is 9.42. The van der Waals surface area contributed by atoms with Crippen LogP contribution in [0.2, 0.25) is 0 Å². The van der Waals surface area contributed by atoms with Crippen LogP contribution < -0.4 is 16.5 Å². The topological polar surface area (TPSA) is 93.5 Å². The van der Waals surface area contributed by atoms with Crippen molar-refractivity contribution in [1.29, 1.82) is 0 Å². The van der Waals surface area contributed by atoms with Crippen molar-refractivity contribution in [2.75, 3.05) is 6.61 Å². The van der Waals surface area contributed by atoms with E-state index >= 15 is 0 Å². The number of amides is 2. The van der Waals surface area contributed by atoms with Gasteiger partial charge in [0.05, 0.1) is 6.04 Å². The molecule has 1 saturated carbocycles. The van der Waals surface area contributed by atoms with Crippen LogP contribution in [0.5, 0.6) is 0 Å². The summed E-state index contributed by atoms with van der Waals surface area (Å²) in [6.07, 6.45) is 2.00. The van der Waals surface area contributed by atoms with Crippen LogP contribution in [0.15, 0.2) is 0 Å². The Hall–Kier alpha value is -1.14. The van der Waals surface area contributed by atoms with E-state index in [2.05, 4.69) is 15.6 Å². The molecule has 1 unspecified atom stereocenters. The molecule has 1 heterocycles. The van der Waals surface area contributed by atoms with E-state index < -0.39 is 12.1 Å². The van der Waals surface area contributed by atoms with Gasteiger partial charge in [-0.25, -0.2) is 5.48 Å². The van der Waals surface area contributed by atoms with Crippen molar-refractivity contribution in [1.82, 2.24) is 10.8 Å². The molecule has 0 spiro atoms. The molecule has 0 aromatic heterocycles. The third-order valence-corrected chi connectivity index (χ3v) is 2.49. The molecule has 0 aromatic carbocycles. The molecular formula is C8H13N3O3. The maximum atomic E-state index is 11.5. The van der Waals surface area contributed by atoms with Gasteiger partial charge < -0.3 is 11.1 Å². The van der Waals surface area contributed by atoms with Crippen molar-refractivity contribution in [3.8, 4) is 0 Å². The molecule has 2 rings (SSSR count). The van der Waals surface area contributed by atoms with Gasteiger partial charge in [-0.1, -0.05) is 0 Å². The summed E-state index contributed by atoms with van der Waals surface area (Å²) in [4.78, 5) is 27.2. The van der Waals surface area contributed by atoms with Gasteiger partial charge in [-0.2, -0.15) is 0 Å². The third kappa shape index (κ3) is 1.85. The van der Waals surface area contributed by atoms with Gasteiger partial charge in [0.25, 0.3) is 5.91 Å². The molecule has 0 bridgehead atoms. The molecule has 2 atom stereocenters. The number of carbonyl (C=O) groups is 2. The molecule has 78 valence electrons. The summed E-state index contributed by atoms with van der Waals surface area (Å²) >= 11 is 0. The van der Waals surface area contributed by atoms with Crippen molar-refractivity contribution < 1.29 is 14.4 Å². The zero-order valence-corrected chi connectivity index (χ0v) is 7.66. The van der Waals surface area contributed by atoms with E-state index in [-0.39, 0.29) is 18.4 Å². The van der Waals surface area contributed by atoms with Crippen LogP contribution in [-0.4, -0.2) is 30.5 Å². The Morgan fingerprint density at radius 1 is 1.64 bits per heavy atom. The van der Waals surface area contributed by atoms with E-state index in [1.165, 1.54) is 0 Å². The number of hydrogen-bond donors (Lipinski definition) is 3. The largest absolute Gasteiger partial charge is 0.341 e. The highest BCUT2D eigenvalue weighted by Crippen LogP contribution is 2.31. The van der Waals surface area contributed by atoms with Crippen LogP contribution in [0.4, 0.5) is 0 Å². The van der Waals surface area contributed by atoms with E-state index in [1.807, 2.05) is 0 Å². The Balaban J connectivity index is 1.83. The minimum atomic E-state index is -0.590. The van der Waals surface area contributed by atoms with Gasteiger partial charge in [0, 0.05) is 0 Å². The lowest BCUT2D eigenvalue weighted by atomic mass is 10.1.